The number of pyridine rings is 2. The third-order valence-corrected chi connectivity index (χ3v) is 6.85. The van der Waals surface area contributed by atoms with Gasteiger partial charge in [-0.1, -0.05) is 0 Å². The van der Waals surface area contributed by atoms with Crippen LogP contribution in [-0.2, 0) is 4.74 Å². The lowest BCUT2D eigenvalue weighted by molar-refractivity contribution is 0.122. The summed E-state index contributed by atoms with van der Waals surface area (Å²) in [6, 6.07) is 4.56. The van der Waals surface area contributed by atoms with Crippen molar-refractivity contribution in [2.24, 2.45) is 0 Å². The molecule has 2 aliphatic rings. The van der Waals surface area contributed by atoms with Crippen LogP contribution >= 0.6 is 0 Å². The molecular weight excluding hydrogens is 438 g/mol. The summed E-state index contributed by atoms with van der Waals surface area (Å²) in [6.07, 6.45) is 3.54. The number of benzene rings is 1. The topological polar surface area (TPSA) is 56.8 Å². The molecule has 2 fully saturated rings. The zero-order chi connectivity index (χ0) is 23.8. The Labute approximate surface area is 198 Å². The molecule has 0 radical (unpaired) electrons. The summed E-state index contributed by atoms with van der Waals surface area (Å²) in [7, 11) is 2.11. The zero-order valence-corrected chi connectivity index (χ0v) is 19.8. The number of nitrogens with zero attached hydrogens (tertiary/aromatic N) is 5. The number of likely N-dealkylation sites (N-methyl/N-ethyl adjacent to an activating group) is 1. The van der Waals surface area contributed by atoms with E-state index in [2.05, 4.69) is 39.0 Å². The number of halogens is 2. The van der Waals surface area contributed by atoms with Crippen LogP contribution in [0.2, 0.25) is 0 Å². The zero-order valence-electron chi connectivity index (χ0n) is 19.8. The predicted molar refractivity (Wildman–Crippen MR) is 131 cm³/mol. The quantitative estimate of drug-likeness (QED) is 0.623. The number of piperazine rings is 1. The highest BCUT2D eigenvalue weighted by Crippen LogP contribution is 2.37. The molecule has 1 atom stereocenters. The van der Waals surface area contributed by atoms with Crippen LogP contribution in [-0.4, -0.2) is 73.9 Å². The van der Waals surface area contributed by atoms with Crippen molar-refractivity contribution in [2.75, 3.05) is 68.1 Å². The Morgan fingerprint density at radius 3 is 2.59 bits per heavy atom. The number of ether oxygens (including phenoxy) is 1. The van der Waals surface area contributed by atoms with Gasteiger partial charge in [0.1, 0.15) is 17.5 Å². The summed E-state index contributed by atoms with van der Waals surface area (Å²) < 4.78 is 34.7. The molecule has 1 N–H and O–H groups in total. The first-order valence-electron chi connectivity index (χ1n) is 11.7. The molecule has 5 rings (SSSR count). The van der Waals surface area contributed by atoms with Crippen LogP contribution in [0, 0.1) is 18.6 Å². The van der Waals surface area contributed by atoms with Crippen molar-refractivity contribution in [1.82, 2.24) is 14.9 Å². The van der Waals surface area contributed by atoms with Gasteiger partial charge in [-0.2, -0.15) is 0 Å². The highest BCUT2D eigenvalue weighted by Gasteiger charge is 2.26. The van der Waals surface area contributed by atoms with Gasteiger partial charge in [0.2, 0.25) is 0 Å². The van der Waals surface area contributed by atoms with Crippen molar-refractivity contribution >= 4 is 33.8 Å². The minimum absolute atomic E-state index is 0.279. The van der Waals surface area contributed by atoms with Crippen LogP contribution in [0.25, 0.3) is 10.9 Å². The molecule has 180 valence electrons. The van der Waals surface area contributed by atoms with E-state index in [0.717, 1.165) is 61.5 Å². The first-order valence-corrected chi connectivity index (χ1v) is 11.7. The molecule has 0 saturated carbocycles. The van der Waals surface area contributed by atoms with Gasteiger partial charge in [0.25, 0.3) is 0 Å². The Bertz CT molecular complexity index is 1200. The molecule has 34 heavy (non-hydrogen) atoms. The Hall–Kier alpha value is -3.04. The predicted octanol–water partition coefficient (Wildman–Crippen LogP) is 3.94. The van der Waals surface area contributed by atoms with Gasteiger partial charge in [0.15, 0.2) is 0 Å². The normalized spacial score (nSPS) is 19.6. The SMILES string of the molecule is Cc1c(N2CCN(C)[C@@H](C)C2)nc2cc(F)cc(F)c2c1Nc1cncc(N2CCOCC2)c1. The Morgan fingerprint density at radius 1 is 1.03 bits per heavy atom. The highest BCUT2D eigenvalue weighted by atomic mass is 19.1. The van der Waals surface area contributed by atoms with E-state index in [1.165, 1.54) is 6.07 Å². The van der Waals surface area contributed by atoms with Gasteiger partial charge in [0, 0.05) is 56.5 Å². The molecule has 0 bridgehead atoms. The van der Waals surface area contributed by atoms with E-state index in [0.29, 0.717) is 30.5 Å². The van der Waals surface area contributed by atoms with Gasteiger partial charge in [-0.3, -0.25) is 4.98 Å². The molecule has 4 heterocycles. The number of morpholine rings is 1. The molecule has 0 spiro atoms. The van der Waals surface area contributed by atoms with Crippen LogP contribution in [0.5, 0.6) is 0 Å². The maximum Gasteiger partial charge on any atom is 0.137 e. The molecule has 0 aliphatic carbocycles. The number of hydrogen-bond acceptors (Lipinski definition) is 7. The van der Waals surface area contributed by atoms with Crippen molar-refractivity contribution in [3.8, 4) is 0 Å². The van der Waals surface area contributed by atoms with Crippen molar-refractivity contribution < 1.29 is 13.5 Å². The lowest BCUT2D eigenvalue weighted by Gasteiger charge is -2.39. The minimum Gasteiger partial charge on any atom is -0.378 e. The van der Waals surface area contributed by atoms with E-state index >= 15 is 4.39 Å². The average Bonchev–Trinajstić information content (AvgIpc) is 2.83. The second-order valence-electron chi connectivity index (χ2n) is 9.15. The number of hydrogen-bond donors (Lipinski definition) is 1. The van der Waals surface area contributed by atoms with Gasteiger partial charge >= 0.3 is 0 Å². The van der Waals surface area contributed by atoms with E-state index in [-0.39, 0.29) is 5.39 Å². The number of rotatable bonds is 4. The van der Waals surface area contributed by atoms with E-state index < -0.39 is 11.6 Å². The number of aromatic nitrogens is 2. The number of anilines is 4. The van der Waals surface area contributed by atoms with Crippen LogP contribution in [0.4, 0.5) is 31.7 Å². The molecule has 2 saturated heterocycles. The average molecular weight is 469 g/mol. The summed E-state index contributed by atoms with van der Waals surface area (Å²) in [4.78, 5) is 15.8. The van der Waals surface area contributed by atoms with Crippen molar-refractivity contribution in [3.05, 3.63) is 47.8 Å². The molecule has 1 aromatic carbocycles. The van der Waals surface area contributed by atoms with Gasteiger partial charge in [-0.15, -0.1) is 0 Å². The Balaban J connectivity index is 1.58. The van der Waals surface area contributed by atoms with Gasteiger partial charge in [-0.05, 0) is 27.0 Å². The Kier molecular flexibility index (Phi) is 6.22. The van der Waals surface area contributed by atoms with Crippen molar-refractivity contribution in [1.29, 1.82) is 0 Å². The van der Waals surface area contributed by atoms with E-state index in [1.807, 2.05) is 19.2 Å². The molecule has 2 aliphatic heterocycles. The second-order valence-corrected chi connectivity index (χ2v) is 9.15. The summed E-state index contributed by atoms with van der Waals surface area (Å²) >= 11 is 0. The molecule has 0 unspecified atom stereocenters. The van der Waals surface area contributed by atoms with Gasteiger partial charge in [-0.25, -0.2) is 13.8 Å². The van der Waals surface area contributed by atoms with Gasteiger partial charge in [0.05, 0.1) is 53.6 Å². The fourth-order valence-electron chi connectivity index (χ4n) is 4.73. The van der Waals surface area contributed by atoms with Crippen LogP contribution in [0.3, 0.4) is 0 Å². The van der Waals surface area contributed by atoms with Crippen LogP contribution < -0.4 is 15.1 Å². The first kappa shape index (κ1) is 22.7. The first-order chi connectivity index (χ1) is 16.4. The third kappa shape index (κ3) is 4.37. The fourth-order valence-corrected chi connectivity index (χ4v) is 4.73. The van der Waals surface area contributed by atoms with Crippen molar-refractivity contribution in [2.45, 2.75) is 19.9 Å². The molecule has 3 aromatic rings. The molecule has 2 aromatic heterocycles. The number of nitrogens with one attached hydrogen (secondary N) is 1. The van der Waals surface area contributed by atoms with Crippen LogP contribution in [0.15, 0.2) is 30.6 Å². The fraction of sp³-hybridized carbons (Fsp3) is 0.440. The molecule has 0 amide bonds. The number of fused-ring (bicyclic) bond motifs is 1. The summed E-state index contributed by atoms with van der Waals surface area (Å²) in [5.74, 6) is -0.526. The summed E-state index contributed by atoms with van der Waals surface area (Å²) in [5.41, 5.74) is 3.42. The monoisotopic (exact) mass is 468 g/mol. The van der Waals surface area contributed by atoms with E-state index in [4.69, 9.17) is 9.72 Å². The second kappa shape index (κ2) is 9.31. The molecular formula is C25H30F2N6O. The standard InChI is InChI=1S/C25H30F2N6O/c1-16-15-33(5-4-31(16)3)25-17(2)24(23-21(27)10-18(26)11-22(23)30-25)29-19-12-20(14-28-13-19)32-6-8-34-9-7-32/h10-14,16H,4-9,15H2,1-3H3,(H,29,30)/t16-/m0/s1. The smallest absolute Gasteiger partial charge is 0.137 e. The van der Waals surface area contributed by atoms with Crippen molar-refractivity contribution in [3.63, 3.8) is 0 Å². The highest BCUT2D eigenvalue weighted by molar-refractivity contribution is 5.97. The summed E-state index contributed by atoms with van der Waals surface area (Å²) in [6.45, 7) is 9.53. The van der Waals surface area contributed by atoms with E-state index in [9.17, 15) is 4.39 Å². The maximum absolute atomic E-state index is 15.1. The van der Waals surface area contributed by atoms with Gasteiger partial charge < -0.3 is 24.8 Å². The molecule has 7 nitrogen and oxygen atoms in total. The minimum atomic E-state index is -0.638. The third-order valence-electron chi connectivity index (χ3n) is 6.85. The lowest BCUT2D eigenvalue weighted by Crippen LogP contribution is -2.50. The Morgan fingerprint density at radius 2 is 1.82 bits per heavy atom. The molecule has 9 heteroatoms. The lowest BCUT2D eigenvalue weighted by atomic mass is 10.1. The maximum atomic E-state index is 15.1. The van der Waals surface area contributed by atoms with E-state index in [1.54, 1.807) is 6.20 Å². The van der Waals surface area contributed by atoms with Crippen LogP contribution in [0.1, 0.15) is 12.5 Å². The largest absolute Gasteiger partial charge is 0.378 e. The summed E-state index contributed by atoms with van der Waals surface area (Å²) in [5, 5.41) is 3.67.